The van der Waals surface area contributed by atoms with Crippen molar-refractivity contribution < 1.29 is 4.79 Å². The lowest BCUT2D eigenvalue weighted by molar-refractivity contribution is -0.116. The summed E-state index contributed by atoms with van der Waals surface area (Å²) in [4.78, 5) is 12.1. The van der Waals surface area contributed by atoms with Crippen LogP contribution in [0.25, 0.3) is 0 Å². The van der Waals surface area contributed by atoms with Crippen LogP contribution in [0, 0.1) is 0 Å². The van der Waals surface area contributed by atoms with Crippen molar-refractivity contribution in [2.45, 2.75) is 31.6 Å². The van der Waals surface area contributed by atoms with Crippen molar-refractivity contribution in [2.24, 2.45) is 0 Å². The Morgan fingerprint density at radius 1 is 1.05 bits per heavy atom. The van der Waals surface area contributed by atoms with Gasteiger partial charge >= 0.3 is 0 Å². The van der Waals surface area contributed by atoms with Crippen molar-refractivity contribution >= 4 is 23.2 Å². The van der Waals surface area contributed by atoms with Crippen LogP contribution in [-0.4, -0.2) is 5.91 Å². The zero-order chi connectivity index (χ0) is 14.4. The van der Waals surface area contributed by atoms with Crippen molar-refractivity contribution in [3.05, 3.63) is 63.7 Å². The first-order chi connectivity index (χ1) is 10.2. The van der Waals surface area contributed by atoms with E-state index in [4.69, 9.17) is 11.6 Å². The molecule has 2 aromatic carbocycles. The predicted molar refractivity (Wildman–Crippen MR) is 85.0 cm³/mol. The molecule has 2 aromatic rings. The van der Waals surface area contributed by atoms with Gasteiger partial charge in [0.1, 0.15) is 0 Å². The monoisotopic (exact) mass is 297 g/mol. The van der Waals surface area contributed by atoms with Crippen molar-refractivity contribution in [1.29, 1.82) is 0 Å². The van der Waals surface area contributed by atoms with Crippen molar-refractivity contribution in [2.75, 3.05) is 5.32 Å². The number of fused-ring (bicyclic) bond motifs is 2. The van der Waals surface area contributed by atoms with Crippen LogP contribution < -0.4 is 5.32 Å². The average Bonchev–Trinajstić information content (AvgIpc) is 2.92. The lowest BCUT2D eigenvalue weighted by Crippen LogP contribution is -2.24. The van der Waals surface area contributed by atoms with Crippen LogP contribution in [0.5, 0.6) is 0 Å². The van der Waals surface area contributed by atoms with E-state index in [0.29, 0.717) is 6.42 Å². The van der Waals surface area contributed by atoms with Crippen molar-refractivity contribution in [3.8, 4) is 0 Å². The zero-order valence-electron chi connectivity index (χ0n) is 11.7. The van der Waals surface area contributed by atoms with Gasteiger partial charge in [-0.3, -0.25) is 4.79 Å². The third kappa shape index (κ3) is 2.14. The van der Waals surface area contributed by atoms with Crippen LogP contribution in [0.4, 0.5) is 5.69 Å². The highest BCUT2D eigenvalue weighted by Gasteiger charge is 2.29. The minimum atomic E-state index is 0.0633. The molecule has 0 radical (unpaired) electrons. The number of hydrogen-bond acceptors (Lipinski definition) is 1. The van der Waals surface area contributed by atoms with Crippen molar-refractivity contribution in [1.82, 2.24) is 0 Å². The van der Waals surface area contributed by atoms with Crippen molar-refractivity contribution in [3.63, 3.8) is 0 Å². The summed E-state index contributed by atoms with van der Waals surface area (Å²) in [5, 5.41) is 3.77. The summed E-state index contributed by atoms with van der Waals surface area (Å²) < 4.78 is 0. The first-order valence-electron chi connectivity index (χ1n) is 7.42. The molecule has 0 aromatic heterocycles. The van der Waals surface area contributed by atoms with Crippen LogP contribution >= 0.6 is 11.6 Å². The summed E-state index contributed by atoms with van der Waals surface area (Å²) in [5.41, 5.74) is 6.05. The van der Waals surface area contributed by atoms with Gasteiger partial charge in [-0.25, -0.2) is 0 Å². The summed E-state index contributed by atoms with van der Waals surface area (Å²) >= 11 is 6.36. The van der Waals surface area contributed by atoms with Crippen LogP contribution in [0.15, 0.2) is 36.4 Å². The number of carbonyl (C=O) groups is 1. The summed E-state index contributed by atoms with van der Waals surface area (Å²) in [6.45, 7) is 0. The van der Waals surface area contributed by atoms with Gasteiger partial charge in [0, 0.05) is 23.0 Å². The second-order valence-electron chi connectivity index (χ2n) is 5.89. The summed E-state index contributed by atoms with van der Waals surface area (Å²) in [6.07, 6.45) is 3.94. The molecule has 0 fully saturated rings. The molecule has 106 valence electrons. The first kappa shape index (κ1) is 12.9. The van der Waals surface area contributed by atoms with Crippen LogP contribution in [-0.2, 0) is 17.6 Å². The van der Waals surface area contributed by atoms with Gasteiger partial charge in [-0.05, 0) is 53.6 Å². The molecule has 1 aliphatic carbocycles. The highest BCUT2D eigenvalue weighted by Crippen LogP contribution is 2.42. The Hall–Kier alpha value is -1.80. The number of rotatable bonds is 1. The highest BCUT2D eigenvalue weighted by atomic mass is 35.5. The Balaban J connectivity index is 1.88. The molecule has 0 spiro atoms. The number of aryl methyl sites for hydroxylation is 2. The molecule has 1 aliphatic heterocycles. The lowest BCUT2D eigenvalue weighted by atomic mass is 9.83. The smallest absolute Gasteiger partial charge is 0.225 e. The Morgan fingerprint density at radius 2 is 1.81 bits per heavy atom. The normalized spacial score (nSPS) is 19.9. The molecule has 1 heterocycles. The van der Waals surface area contributed by atoms with E-state index in [0.717, 1.165) is 29.1 Å². The summed E-state index contributed by atoms with van der Waals surface area (Å²) in [7, 11) is 0. The lowest BCUT2D eigenvalue weighted by Gasteiger charge is -2.27. The molecule has 0 bridgehead atoms. The minimum absolute atomic E-state index is 0.0633. The molecule has 0 saturated carbocycles. The van der Waals surface area contributed by atoms with E-state index in [-0.39, 0.29) is 11.8 Å². The number of anilines is 1. The Labute approximate surface area is 129 Å². The maximum atomic E-state index is 12.1. The number of amides is 1. The molecule has 2 aliphatic rings. The molecule has 4 rings (SSSR count). The number of hydrogen-bond donors (Lipinski definition) is 1. The van der Waals surface area contributed by atoms with E-state index in [1.807, 2.05) is 24.3 Å². The zero-order valence-corrected chi connectivity index (χ0v) is 12.4. The van der Waals surface area contributed by atoms with Gasteiger partial charge in [0.15, 0.2) is 0 Å². The number of halogens is 1. The molecule has 2 nitrogen and oxygen atoms in total. The quantitative estimate of drug-likeness (QED) is 0.835. The Kier molecular flexibility index (Phi) is 3.00. The van der Waals surface area contributed by atoms with Gasteiger partial charge in [-0.1, -0.05) is 35.9 Å². The molecule has 21 heavy (non-hydrogen) atoms. The van der Waals surface area contributed by atoms with Crippen LogP contribution in [0.3, 0.4) is 0 Å². The van der Waals surface area contributed by atoms with E-state index in [2.05, 4.69) is 17.4 Å². The van der Waals surface area contributed by atoms with E-state index < -0.39 is 0 Å². The fourth-order valence-corrected chi connectivity index (χ4v) is 3.84. The summed E-state index contributed by atoms with van der Waals surface area (Å²) in [5.74, 6) is 0.138. The molecule has 1 atom stereocenters. The number of nitrogens with one attached hydrogen (secondary N) is 1. The van der Waals surface area contributed by atoms with Gasteiger partial charge in [0.05, 0.1) is 0 Å². The molecule has 3 heteroatoms. The second kappa shape index (κ2) is 4.88. The maximum absolute atomic E-state index is 12.1. The molecular weight excluding hydrogens is 282 g/mol. The fourth-order valence-electron chi connectivity index (χ4n) is 3.57. The van der Waals surface area contributed by atoms with E-state index in [9.17, 15) is 4.79 Å². The second-order valence-corrected chi connectivity index (χ2v) is 6.30. The average molecular weight is 298 g/mol. The Morgan fingerprint density at radius 3 is 2.62 bits per heavy atom. The Bertz CT molecular complexity index is 738. The molecular formula is C18H16ClNO. The number of carbonyl (C=O) groups excluding carboxylic acids is 1. The fraction of sp³-hybridized carbons (Fsp3) is 0.278. The van der Waals surface area contributed by atoms with E-state index in [1.54, 1.807) is 0 Å². The standard InChI is InChI=1S/C18H16ClNO/c19-16-7-2-1-6-13(16)14-10-18(21)20-17-9-12-5-3-4-11(12)8-15(14)17/h1-2,6-9,14H,3-5,10H2,(H,20,21). The van der Waals surface area contributed by atoms with Gasteiger partial charge in [0.2, 0.25) is 5.91 Å². The van der Waals surface area contributed by atoms with E-state index >= 15 is 0 Å². The van der Waals surface area contributed by atoms with E-state index in [1.165, 1.54) is 23.1 Å². The maximum Gasteiger partial charge on any atom is 0.225 e. The largest absolute Gasteiger partial charge is 0.326 e. The summed E-state index contributed by atoms with van der Waals surface area (Å²) in [6, 6.07) is 12.3. The van der Waals surface area contributed by atoms with Gasteiger partial charge < -0.3 is 5.32 Å². The third-order valence-electron chi connectivity index (χ3n) is 4.58. The van der Waals surface area contributed by atoms with Gasteiger partial charge in [-0.15, -0.1) is 0 Å². The molecule has 1 N–H and O–H groups in total. The molecule has 1 amide bonds. The topological polar surface area (TPSA) is 29.1 Å². The highest BCUT2D eigenvalue weighted by molar-refractivity contribution is 6.31. The third-order valence-corrected chi connectivity index (χ3v) is 4.93. The van der Waals surface area contributed by atoms with Crippen LogP contribution in [0.1, 0.15) is 41.0 Å². The van der Waals surface area contributed by atoms with Gasteiger partial charge in [0.25, 0.3) is 0 Å². The van der Waals surface area contributed by atoms with Gasteiger partial charge in [-0.2, -0.15) is 0 Å². The number of benzene rings is 2. The SMILES string of the molecule is O=C1CC(c2ccccc2Cl)c2cc3c(cc2N1)CCC3. The van der Waals surface area contributed by atoms with Crippen LogP contribution in [0.2, 0.25) is 5.02 Å². The molecule has 0 saturated heterocycles. The predicted octanol–water partition coefficient (Wildman–Crippen LogP) is 4.30. The minimum Gasteiger partial charge on any atom is -0.326 e. The first-order valence-corrected chi connectivity index (χ1v) is 7.80. The molecule has 1 unspecified atom stereocenters.